The van der Waals surface area contributed by atoms with Crippen LogP contribution in [0.3, 0.4) is 0 Å². The molecule has 0 aromatic heterocycles. The van der Waals surface area contributed by atoms with Gasteiger partial charge in [-0.25, -0.2) is 0 Å². The van der Waals surface area contributed by atoms with Gasteiger partial charge in [0.25, 0.3) is 0 Å². The first-order valence-corrected chi connectivity index (χ1v) is 7.49. The van der Waals surface area contributed by atoms with Gasteiger partial charge in [0.05, 0.1) is 5.38 Å². The molecule has 19 heavy (non-hydrogen) atoms. The van der Waals surface area contributed by atoms with Crippen molar-refractivity contribution in [2.75, 3.05) is 0 Å². The lowest BCUT2D eigenvalue weighted by Crippen LogP contribution is -1.94. The van der Waals surface area contributed by atoms with Crippen molar-refractivity contribution in [3.63, 3.8) is 0 Å². The van der Waals surface area contributed by atoms with Crippen molar-refractivity contribution in [3.8, 4) is 0 Å². The van der Waals surface area contributed by atoms with Crippen molar-refractivity contribution in [3.05, 3.63) is 69.7 Å². The fraction of sp³-hybridized carbons (Fsp3) is 0.250. The summed E-state index contributed by atoms with van der Waals surface area (Å²) in [5.41, 5.74) is 2.18. The van der Waals surface area contributed by atoms with E-state index < -0.39 is 0 Å². The fourth-order valence-corrected chi connectivity index (χ4v) is 2.94. The molecule has 0 aliphatic rings. The van der Waals surface area contributed by atoms with E-state index in [0.29, 0.717) is 0 Å². The van der Waals surface area contributed by atoms with Crippen LogP contribution in [0.15, 0.2) is 48.5 Å². The molecular weight excluding hydrogens is 299 g/mol. The summed E-state index contributed by atoms with van der Waals surface area (Å²) < 4.78 is 0. The first-order valence-electron chi connectivity index (χ1n) is 6.30. The first-order chi connectivity index (χ1) is 9.18. The van der Waals surface area contributed by atoms with Crippen molar-refractivity contribution < 1.29 is 0 Å². The van der Waals surface area contributed by atoms with E-state index in [1.807, 2.05) is 36.4 Å². The summed E-state index contributed by atoms with van der Waals surface area (Å²) >= 11 is 18.7. The zero-order valence-corrected chi connectivity index (χ0v) is 12.7. The molecule has 0 amide bonds. The standard InChI is InChI=1S/C16H15Cl3/c17-14(12-6-2-1-3-7-12)9-4-8-13-15(18)10-5-11-16(13)19/h1-3,5-7,10-11,14H,4,8-9H2. The second-order valence-corrected chi connectivity index (χ2v) is 5.81. The number of rotatable bonds is 5. The Morgan fingerprint density at radius 3 is 2.11 bits per heavy atom. The molecule has 1 unspecified atom stereocenters. The SMILES string of the molecule is Clc1cccc(Cl)c1CCCC(Cl)c1ccccc1. The van der Waals surface area contributed by atoms with Gasteiger partial charge in [-0.15, -0.1) is 11.6 Å². The van der Waals surface area contributed by atoms with Gasteiger partial charge >= 0.3 is 0 Å². The van der Waals surface area contributed by atoms with E-state index in [4.69, 9.17) is 34.8 Å². The van der Waals surface area contributed by atoms with Gasteiger partial charge < -0.3 is 0 Å². The minimum Gasteiger partial charge on any atom is -0.118 e. The molecule has 0 aliphatic heterocycles. The Labute approximate surface area is 129 Å². The number of benzene rings is 2. The van der Waals surface area contributed by atoms with Crippen LogP contribution in [-0.4, -0.2) is 0 Å². The normalized spacial score (nSPS) is 12.4. The highest BCUT2D eigenvalue weighted by Gasteiger charge is 2.09. The van der Waals surface area contributed by atoms with E-state index in [-0.39, 0.29) is 5.38 Å². The topological polar surface area (TPSA) is 0 Å². The van der Waals surface area contributed by atoms with Gasteiger partial charge in [0.2, 0.25) is 0 Å². The Bertz CT molecular complexity index is 503. The zero-order chi connectivity index (χ0) is 13.7. The monoisotopic (exact) mass is 312 g/mol. The molecule has 0 nitrogen and oxygen atoms in total. The second kappa shape index (κ2) is 7.19. The van der Waals surface area contributed by atoms with Crippen LogP contribution in [0.2, 0.25) is 10.0 Å². The van der Waals surface area contributed by atoms with Gasteiger partial charge in [-0.2, -0.15) is 0 Å². The average molecular weight is 314 g/mol. The Morgan fingerprint density at radius 2 is 1.47 bits per heavy atom. The molecule has 0 radical (unpaired) electrons. The fourth-order valence-electron chi connectivity index (χ4n) is 2.06. The lowest BCUT2D eigenvalue weighted by atomic mass is 10.0. The Kier molecular flexibility index (Phi) is 5.57. The summed E-state index contributed by atoms with van der Waals surface area (Å²) in [4.78, 5) is 0. The molecule has 0 aliphatic carbocycles. The average Bonchev–Trinajstić information content (AvgIpc) is 2.43. The molecule has 0 saturated carbocycles. The van der Waals surface area contributed by atoms with E-state index in [0.717, 1.165) is 40.4 Å². The molecule has 2 aromatic rings. The van der Waals surface area contributed by atoms with Gasteiger partial charge in [0.15, 0.2) is 0 Å². The van der Waals surface area contributed by atoms with Crippen LogP contribution in [-0.2, 0) is 6.42 Å². The third-order valence-electron chi connectivity index (χ3n) is 3.11. The van der Waals surface area contributed by atoms with Crippen molar-refractivity contribution in [1.82, 2.24) is 0 Å². The van der Waals surface area contributed by atoms with E-state index in [1.165, 1.54) is 0 Å². The van der Waals surface area contributed by atoms with E-state index in [2.05, 4.69) is 12.1 Å². The van der Waals surface area contributed by atoms with E-state index >= 15 is 0 Å². The third-order valence-corrected chi connectivity index (χ3v) is 4.29. The maximum Gasteiger partial charge on any atom is 0.0585 e. The van der Waals surface area contributed by atoms with Crippen LogP contribution >= 0.6 is 34.8 Å². The first kappa shape index (κ1) is 14.7. The summed E-state index contributed by atoms with van der Waals surface area (Å²) in [6, 6.07) is 15.7. The molecule has 0 fully saturated rings. The van der Waals surface area contributed by atoms with E-state index in [1.54, 1.807) is 0 Å². The van der Waals surface area contributed by atoms with Crippen molar-refractivity contribution in [1.29, 1.82) is 0 Å². The molecule has 0 N–H and O–H groups in total. The molecule has 2 aromatic carbocycles. The minimum atomic E-state index is 0.0439. The van der Waals surface area contributed by atoms with Gasteiger partial charge in [0, 0.05) is 10.0 Å². The summed E-state index contributed by atoms with van der Waals surface area (Å²) in [6.45, 7) is 0. The van der Waals surface area contributed by atoms with Crippen molar-refractivity contribution in [2.45, 2.75) is 24.6 Å². The second-order valence-electron chi connectivity index (χ2n) is 4.47. The molecule has 0 heterocycles. The highest BCUT2D eigenvalue weighted by Crippen LogP contribution is 2.29. The molecule has 0 saturated heterocycles. The number of hydrogen-bond donors (Lipinski definition) is 0. The lowest BCUT2D eigenvalue weighted by molar-refractivity contribution is 0.716. The molecule has 0 bridgehead atoms. The molecule has 0 spiro atoms. The smallest absolute Gasteiger partial charge is 0.0585 e. The summed E-state index contributed by atoms with van der Waals surface area (Å²) in [5.74, 6) is 0. The van der Waals surface area contributed by atoms with E-state index in [9.17, 15) is 0 Å². The maximum atomic E-state index is 6.39. The summed E-state index contributed by atoms with van der Waals surface area (Å²) in [7, 11) is 0. The van der Waals surface area contributed by atoms with Gasteiger partial charge in [-0.3, -0.25) is 0 Å². The lowest BCUT2D eigenvalue weighted by Gasteiger charge is -2.11. The largest absolute Gasteiger partial charge is 0.118 e. The van der Waals surface area contributed by atoms with Crippen molar-refractivity contribution >= 4 is 34.8 Å². The van der Waals surface area contributed by atoms with Gasteiger partial charge in [-0.1, -0.05) is 59.6 Å². The predicted octanol–water partition coefficient (Wildman–Crippen LogP) is 6.30. The molecule has 100 valence electrons. The minimum absolute atomic E-state index is 0.0439. The summed E-state index contributed by atoms with van der Waals surface area (Å²) in [5, 5.41) is 1.51. The van der Waals surface area contributed by atoms with Crippen LogP contribution in [0, 0.1) is 0 Å². The third kappa shape index (κ3) is 4.14. The predicted molar refractivity (Wildman–Crippen MR) is 84.4 cm³/mol. The molecule has 1 atom stereocenters. The highest BCUT2D eigenvalue weighted by molar-refractivity contribution is 6.35. The van der Waals surface area contributed by atoms with Crippen LogP contribution in [0.5, 0.6) is 0 Å². The summed E-state index contributed by atoms with van der Waals surface area (Å²) in [6.07, 6.45) is 2.73. The van der Waals surface area contributed by atoms with Gasteiger partial charge in [-0.05, 0) is 42.5 Å². The van der Waals surface area contributed by atoms with Crippen LogP contribution in [0.25, 0.3) is 0 Å². The Hall–Kier alpha value is -0.690. The molecule has 3 heteroatoms. The molecule has 2 rings (SSSR count). The maximum absolute atomic E-state index is 6.39. The number of halogens is 3. The number of alkyl halides is 1. The van der Waals surface area contributed by atoms with Crippen LogP contribution in [0.1, 0.15) is 29.3 Å². The van der Waals surface area contributed by atoms with Crippen molar-refractivity contribution in [2.24, 2.45) is 0 Å². The van der Waals surface area contributed by atoms with Gasteiger partial charge in [0.1, 0.15) is 0 Å². The highest BCUT2D eigenvalue weighted by atomic mass is 35.5. The number of hydrogen-bond acceptors (Lipinski definition) is 0. The molecular formula is C16H15Cl3. The van der Waals surface area contributed by atoms with Crippen LogP contribution < -0.4 is 0 Å². The zero-order valence-electron chi connectivity index (χ0n) is 10.5. The Morgan fingerprint density at radius 1 is 0.842 bits per heavy atom. The van der Waals surface area contributed by atoms with Crippen LogP contribution in [0.4, 0.5) is 0 Å². The quantitative estimate of drug-likeness (QED) is 0.568. The Balaban J connectivity index is 1.90.